The van der Waals surface area contributed by atoms with Crippen LogP contribution in [0.15, 0.2) is 22.8 Å². The maximum atomic E-state index is 12.6. The Balaban J connectivity index is 2.13. The van der Waals surface area contributed by atoms with Crippen molar-refractivity contribution in [3.63, 3.8) is 0 Å². The summed E-state index contributed by atoms with van der Waals surface area (Å²) in [5, 5.41) is 3.21. The zero-order chi connectivity index (χ0) is 16.8. The van der Waals surface area contributed by atoms with Gasteiger partial charge in [0.05, 0.1) is 31.3 Å². The van der Waals surface area contributed by atoms with Gasteiger partial charge in [-0.05, 0) is 18.6 Å². The van der Waals surface area contributed by atoms with Crippen LogP contribution in [0.5, 0.6) is 0 Å². The number of fused-ring (bicyclic) bond motifs is 1. The van der Waals surface area contributed by atoms with Crippen molar-refractivity contribution < 1.29 is 23.5 Å². The highest BCUT2D eigenvalue weighted by Gasteiger charge is 2.68. The van der Waals surface area contributed by atoms with Gasteiger partial charge in [-0.2, -0.15) is 0 Å². The first kappa shape index (κ1) is 15.7. The first-order chi connectivity index (χ1) is 11.0. The summed E-state index contributed by atoms with van der Waals surface area (Å²) in [7, 11) is 2.75. The molecule has 0 aromatic carbocycles. The summed E-state index contributed by atoms with van der Waals surface area (Å²) in [5.41, 5.74) is -1.21. The Morgan fingerprint density at radius 2 is 2.17 bits per heavy atom. The number of carbonyl (C=O) groups excluding carboxylic acids is 3. The fourth-order valence-electron chi connectivity index (χ4n) is 3.95. The van der Waals surface area contributed by atoms with Gasteiger partial charge in [0.25, 0.3) is 0 Å². The Kier molecular flexibility index (Phi) is 3.75. The standard InChI is InChI=1S/C16H20N2O5/c1-4-7-16(15(21)22-3)11-10(13(19)18(2)14(11)20)12(17-16)9-6-5-8-23-9/h5-6,8,10-12,17H,4,7H2,1-3H3/t10-,11-,12-,16-/m0/s1. The summed E-state index contributed by atoms with van der Waals surface area (Å²) in [6.45, 7) is 1.92. The molecule has 0 spiro atoms. The number of likely N-dealkylation sites (tertiary alicyclic amines) is 1. The van der Waals surface area contributed by atoms with E-state index in [2.05, 4.69) is 5.32 Å². The minimum Gasteiger partial charge on any atom is -0.468 e. The highest BCUT2D eigenvalue weighted by atomic mass is 16.5. The molecular formula is C16H20N2O5. The molecule has 1 aromatic rings. The molecule has 23 heavy (non-hydrogen) atoms. The van der Waals surface area contributed by atoms with E-state index in [1.165, 1.54) is 20.4 Å². The van der Waals surface area contributed by atoms with Crippen LogP contribution in [0.2, 0.25) is 0 Å². The second kappa shape index (κ2) is 5.49. The molecule has 7 heteroatoms. The van der Waals surface area contributed by atoms with E-state index in [0.717, 1.165) is 4.90 Å². The molecule has 0 radical (unpaired) electrons. The van der Waals surface area contributed by atoms with Crippen LogP contribution in [0, 0.1) is 11.8 Å². The summed E-state index contributed by atoms with van der Waals surface area (Å²) in [6.07, 6.45) is 2.58. The Labute approximate surface area is 134 Å². The third-order valence-corrected chi connectivity index (χ3v) is 4.92. The lowest BCUT2D eigenvalue weighted by Crippen LogP contribution is -2.55. The van der Waals surface area contributed by atoms with Crippen LogP contribution < -0.4 is 5.32 Å². The molecule has 3 rings (SSSR count). The van der Waals surface area contributed by atoms with Crippen molar-refractivity contribution in [2.75, 3.05) is 14.2 Å². The number of methoxy groups -OCH3 is 1. The van der Waals surface area contributed by atoms with Gasteiger partial charge in [-0.3, -0.25) is 24.6 Å². The van der Waals surface area contributed by atoms with E-state index in [-0.39, 0.29) is 11.8 Å². The average Bonchev–Trinajstić information content (AvgIpc) is 3.22. The van der Waals surface area contributed by atoms with E-state index in [1.807, 2.05) is 6.92 Å². The Hall–Kier alpha value is -2.15. The van der Waals surface area contributed by atoms with Gasteiger partial charge in [0.15, 0.2) is 0 Å². The molecule has 0 saturated carbocycles. The molecule has 3 heterocycles. The molecule has 2 fully saturated rings. The highest BCUT2D eigenvalue weighted by Crippen LogP contribution is 2.50. The number of imide groups is 1. The van der Waals surface area contributed by atoms with E-state index < -0.39 is 29.4 Å². The van der Waals surface area contributed by atoms with Gasteiger partial charge in [-0.25, -0.2) is 0 Å². The van der Waals surface area contributed by atoms with Crippen LogP contribution >= 0.6 is 0 Å². The molecule has 2 amide bonds. The molecular weight excluding hydrogens is 300 g/mol. The molecule has 2 aliphatic rings. The number of furan rings is 1. The predicted molar refractivity (Wildman–Crippen MR) is 79.0 cm³/mol. The van der Waals surface area contributed by atoms with Gasteiger partial charge in [0.2, 0.25) is 11.8 Å². The van der Waals surface area contributed by atoms with E-state index in [9.17, 15) is 14.4 Å². The molecule has 7 nitrogen and oxygen atoms in total. The van der Waals surface area contributed by atoms with Crippen LogP contribution in [-0.2, 0) is 19.1 Å². The first-order valence-electron chi connectivity index (χ1n) is 7.69. The fourth-order valence-corrected chi connectivity index (χ4v) is 3.95. The van der Waals surface area contributed by atoms with Crippen molar-refractivity contribution in [2.24, 2.45) is 11.8 Å². The summed E-state index contributed by atoms with van der Waals surface area (Å²) in [4.78, 5) is 38.9. The Morgan fingerprint density at radius 3 is 2.74 bits per heavy atom. The van der Waals surface area contributed by atoms with Crippen molar-refractivity contribution in [3.05, 3.63) is 24.2 Å². The first-order valence-corrected chi connectivity index (χ1v) is 7.69. The lowest BCUT2D eigenvalue weighted by Gasteiger charge is -2.31. The number of carbonyl (C=O) groups is 3. The second-order valence-electron chi connectivity index (χ2n) is 6.09. The second-order valence-corrected chi connectivity index (χ2v) is 6.09. The van der Waals surface area contributed by atoms with Gasteiger partial charge in [-0.1, -0.05) is 13.3 Å². The minimum atomic E-state index is -1.21. The average molecular weight is 320 g/mol. The smallest absolute Gasteiger partial charge is 0.326 e. The fraction of sp³-hybridized carbons (Fsp3) is 0.562. The van der Waals surface area contributed by atoms with E-state index in [1.54, 1.807) is 12.1 Å². The quantitative estimate of drug-likeness (QED) is 0.654. The van der Waals surface area contributed by atoms with E-state index in [0.29, 0.717) is 18.6 Å². The van der Waals surface area contributed by atoms with Crippen LogP contribution in [0.4, 0.5) is 0 Å². The number of ether oxygens (including phenoxy) is 1. The topological polar surface area (TPSA) is 88.8 Å². The van der Waals surface area contributed by atoms with E-state index in [4.69, 9.17) is 9.15 Å². The van der Waals surface area contributed by atoms with Gasteiger partial charge < -0.3 is 9.15 Å². The zero-order valence-corrected chi connectivity index (χ0v) is 13.4. The predicted octanol–water partition coefficient (Wildman–Crippen LogP) is 0.867. The SMILES string of the molecule is CCC[C@]1(C(=O)OC)N[C@@H](c2ccco2)[C@H]2C(=O)N(C)C(=O)[C@H]21. The molecule has 1 aromatic heterocycles. The Bertz CT molecular complexity index is 641. The highest BCUT2D eigenvalue weighted by molar-refractivity contribution is 6.09. The molecule has 124 valence electrons. The summed E-state index contributed by atoms with van der Waals surface area (Å²) in [5.74, 6) is -2.05. The normalized spacial score (nSPS) is 33.2. The van der Waals surface area contributed by atoms with Crippen molar-refractivity contribution in [2.45, 2.75) is 31.3 Å². The van der Waals surface area contributed by atoms with Crippen molar-refractivity contribution in [1.29, 1.82) is 0 Å². The lowest BCUT2D eigenvalue weighted by molar-refractivity contribution is -0.154. The molecule has 1 N–H and O–H groups in total. The van der Waals surface area contributed by atoms with Gasteiger partial charge >= 0.3 is 5.97 Å². The number of rotatable bonds is 4. The van der Waals surface area contributed by atoms with Crippen LogP contribution in [-0.4, -0.2) is 42.4 Å². The summed E-state index contributed by atoms with van der Waals surface area (Å²) < 4.78 is 10.4. The monoisotopic (exact) mass is 320 g/mol. The van der Waals surface area contributed by atoms with Crippen LogP contribution in [0.1, 0.15) is 31.6 Å². The molecule has 0 aliphatic carbocycles. The third-order valence-electron chi connectivity index (χ3n) is 4.92. The molecule has 4 atom stereocenters. The number of hydrogen-bond donors (Lipinski definition) is 1. The minimum absolute atomic E-state index is 0.296. The number of esters is 1. The van der Waals surface area contributed by atoms with Gasteiger partial charge in [0, 0.05) is 7.05 Å². The zero-order valence-electron chi connectivity index (χ0n) is 13.4. The number of hydrogen-bond acceptors (Lipinski definition) is 6. The summed E-state index contributed by atoms with van der Waals surface area (Å²) >= 11 is 0. The largest absolute Gasteiger partial charge is 0.468 e. The number of nitrogens with one attached hydrogen (secondary N) is 1. The Morgan fingerprint density at radius 1 is 1.43 bits per heavy atom. The van der Waals surface area contributed by atoms with Crippen LogP contribution in [0.25, 0.3) is 0 Å². The maximum absolute atomic E-state index is 12.6. The van der Waals surface area contributed by atoms with Crippen molar-refractivity contribution in [1.82, 2.24) is 10.2 Å². The number of amides is 2. The van der Waals surface area contributed by atoms with Gasteiger partial charge in [0.1, 0.15) is 11.3 Å². The number of nitrogens with zero attached hydrogens (tertiary/aromatic N) is 1. The van der Waals surface area contributed by atoms with Crippen LogP contribution in [0.3, 0.4) is 0 Å². The molecule has 0 bridgehead atoms. The third kappa shape index (κ3) is 2.03. The van der Waals surface area contributed by atoms with E-state index >= 15 is 0 Å². The van der Waals surface area contributed by atoms with Crippen molar-refractivity contribution in [3.8, 4) is 0 Å². The summed E-state index contributed by atoms with van der Waals surface area (Å²) in [6, 6.07) is 2.93. The molecule has 0 unspecified atom stereocenters. The maximum Gasteiger partial charge on any atom is 0.326 e. The van der Waals surface area contributed by atoms with Gasteiger partial charge in [-0.15, -0.1) is 0 Å². The van der Waals surface area contributed by atoms with Crippen molar-refractivity contribution >= 4 is 17.8 Å². The molecule has 2 aliphatic heterocycles. The molecule has 2 saturated heterocycles. The lowest BCUT2D eigenvalue weighted by atomic mass is 9.77.